The van der Waals surface area contributed by atoms with E-state index in [-0.39, 0.29) is 24.2 Å². The Bertz CT molecular complexity index is 982. The van der Waals surface area contributed by atoms with Crippen LogP contribution in [0.2, 0.25) is 0 Å². The van der Waals surface area contributed by atoms with Gasteiger partial charge in [-0.05, 0) is 36.4 Å². The van der Waals surface area contributed by atoms with Crippen LogP contribution in [0, 0.1) is 0 Å². The number of amides is 1. The van der Waals surface area contributed by atoms with Gasteiger partial charge in [-0.3, -0.25) is 9.69 Å². The number of halogens is 3. The van der Waals surface area contributed by atoms with Crippen LogP contribution < -0.4 is 9.64 Å². The van der Waals surface area contributed by atoms with E-state index in [9.17, 15) is 18.0 Å². The van der Waals surface area contributed by atoms with Gasteiger partial charge in [-0.25, -0.2) is 4.98 Å². The van der Waals surface area contributed by atoms with E-state index in [2.05, 4.69) is 9.72 Å². The molecule has 1 atom stereocenters. The lowest BCUT2D eigenvalue weighted by atomic mass is 10.2. The molecule has 5 nitrogen and oxygen atoms in total. The summed E-state index contributed by atoms with van der Waals surface area (Å²) in [5, 5.41) is 2.36. The van der Waals surface area contributed by atoms with E-state index >= 15 is 0 Å². The molecule has 1 saturated heterocycles. The van der Waals surface area contributed by atoms with Crippen LogP contribution in [0.25, 0.3) is 10.2 Å². The van der Waals surface area contributed by atoms with Gasteiger partial charge in [0.05, 0.1) is 29.3 Å². The van der Waals surface area contributed by atoms with Crippen molar-refractivity contribution in [3.63, 3.8) is 0 Å². The lowest BCUT2D eigenvalue weighted by Crippen LogP contribution is -2.38. The first-order valence-corrected chi connectivity index (χ1v) is 10.7. The molecule has 154 valence electrons. The number of anilines is 1. The number of alkyl halides is 3. The topological polar surface area (TPSA) is 51.7 Å². The van der Waals surface area contributed by atoms with Crippen molar-refractivity contribution >= 4 is 43.9 Å². The van der Waals surface area contributed by atoms with Crippen LogP contribution >= 0.6 is 22.7 Å². The Labute approximate surface area is 172 Å². The van der Waals surface area contributed by atoms with Gasteiger partial charge in [-0.15, -0.1) is 24.5 Å². The number of ether oxygens (including phenoxy) is 2. The summed E-state index contributed by atoms with van der Waals surface area (Å²) in [6.07, 6.45) is -2.79. The number of carbonyl (C=O) groups excluding carboxylic acids is 1. The smallest absolute Gasteiger partial charge is 0.406 e. The number of aromatic nitrogens is 1. The van der Waals surface area contributed by atoms with Crippen molar-refractivity contribution in [1.29, 1.82) is 0 Å². The van der Waals surface area contributed by atoms with Crippen molar-refractivity contribution < 1.29 is 27.4 Å². The van der Waals surface area contributed by atoms with Crippen LogP contribution in [-0.4, -0.2) is 36.5 Å². The molecule has 2 aromatic heterocycles. The average molecular weight is 442 g/mol. The highest BCUT2D eigenvalue weighted by atomic mass is 32.1. The Hall–Kier alpha value is -2.17. The molecule has 1 aliphatic rings. The van der Waals surface area contributed by atoms with E-state index in [1.165, 1.54) is 29.5 Å². The van der Waals surface area contributed by atoms with Gasteiger partial charge in [0.25, 0.3) is 0 Å². The fourth-order valence-corrected chi connectivity index (χ4v) is 4.86. The quantitative estimate of drug-likeness (QED) is 0.539. The zero-order valence-corrected chi connectivity index (χ0v) is 16.8. The molecule has 1 amide bonds. The van der Waals surface area contributed by atoms with E-state index in [4.69, 9.17) is 4.74 Å². The molecule has 0 saturated carbocycles. The minimum Gasteiger partial charge on any atom is -0.406 e. The van der Waals surface area contributed by atoms with Crippen molar-refractivity contribution in [2.24, 2.45) is 0 Å². The monoisotopic (exact) mass is 442 g/mol. The number of hydrogen-bond acceptors (Lipinski definition) is 6. The minimum atomic E-state index is -4.76. The Morgan fingerprint density at radius 1 is 1.34 bits per heavy atom. The highest BCUT2D eigenvalue weighted by Crippen LogP contribution is 2.34. The van der Waals surface area contributed by atoms with Gasteiger partial charge >= 0.3 is 6.36 Å². The van der Waals surface area contributed by atoms with Crippen molar-refractivity contribution in [2.45, 2.75) is 31.7 Å². The number of fused-ring (bicyclic) bond motifs is 1. The molecule has 0 bridgehead atoms. The molecule has 4 rings (SSSR count). The largest absolute Gasteiger partial charge is 0.573 e. The molecule has 29 heavy (non-hydrogen) atoms. The first kappa shape index (κ1) is 20.1. The molecule has 0 N–H and O–H groups in total. The predicted octanol–water partition coefficient (Wildman–Crippen LogP) is 5.01. The molecule has 0 spiro atoms. The number of thiazole rings is 1. The molecule has 0 radical (unpaired) electrons. The molecule has 1 aromatic carbocycles. The highest BCUT2D eigenvalue weighted by molar-refractivity contribution is 7.22. The summed E-state index contributed by atoms with van der Waals surface area (Å²) in [6.45, 7) is 1.03. The molecule has 0 aliphatic carbocycles. The number of nitrogens with zero attached hydrogens (tertiary/aromatic N) is 2. The number of carbonyl (C=O) groups is 1. The average Bonchev–Trinajstić information content (AvgIpc) is 3.39. The Morgan fingerprint density at radius 3 is 2.90 bits per heavy atom. The summed E-state index contributed by atoms with van der Waals surface area (Å²) in [6, 6.07) is 7.75. The maximum atomic E-state index is 13.0. The second-order valence-electron chi connectivity index (χ2n) is 6.57. The second kappa shape index (κ2) is 8.29. The van der Waals surface area contributed by atoms with Crippen molar-refractivity contribution in [3.05, 3.63) is 40.6 Å². The molecule has 10 heteroatoms. The maximum Gasteiger partial charge on any atom is 0.573 e. The van der Waals surface area contributed by atoms with Crippen LogP contribution in [0.15, 0.2) is 35.7 Å². The van der Waals surface area contributed by atoms with Crippen LogP contribution in [-0.2, 0) is 16.0 Å². The van der Waals surface area contributed by atoms with Crippen molar-refractivity contribution in [2.75, 3.05) is 18.1 Å². The first-order valence-electron chi connectivity index (χ1n) is 8.98. The normalized spacial score (nSPS) is 17.0. The number of benzene rings is 1. The third kappa shape index (κ3) is 5.06. The van der Waals surface area contributed by atoms with Crippen LogP contribution in [0.5, 0.6) is 5.75 Å². The van der Waals surface area contributed by atoms with E-state index in [1.807, 2.05) is 17.5 Å². The lowest BCUT2D eigenvalue weighted by molar-refractivity contribution is -0.274. The SMILES string of the molecule is O=C(Cc1cccs1)N(C[C@H]1CCCO1)c1nc2ccc(OC(F)(F)F)cc2s1. The fraction of sp³-hybridized carbons (Fsp3) is 0.368. The highest BCUT2D eigenvalue weighted by Gasteiger charge is 2.31. The maximum absolute atomic E-state index is 13.0. The molecule has 3 heterocycles. The summed E-state index contributed by atoms with van der Waals surface area (Å²) < 4.78 is 47.6. The summed E-state index contributed by atoms with van der Waals surface area (Å²) in [5.74, 6) is -0.426. The standard InChI is InChI=1S/C19H17F3N2O3S2/c20-19(21,22)27-12-5-6-15-16(9-12)29-18(23-15)24(11-13-3-1-7-26-13)17(25)10-14-4-2-8-28-14/h2,4-6,8-9,13H,1,3,7,10-11H2/t13-/m1/s1. The Kier molecular flexibility index (Phi) is 5.75. The van der Waals surface area contributed by atoms with Gasteiger partial charge in [-0.1, -0.05) is 17.4 Å². The number of rotatable bonds is 6. The van der Waals surface area contributed by atoms with Crippen LogP contribution in [0.4, 0.5) is 18.3 Å². The molecule has 3 aromatic rings. The summed E-state index contributed by atoms with van der Waals surface area (Å²) in [5.41, 5.74) is 0.515. The third-order valence-electron chi connectivity index (χ3n) is 4.43. The van der Waals surface area contributed by atoms with Gasteiger partial charge in [-0.2, -0.15) is 0 Å². The molecule has 0 unspecified atom stereocenters. The summed E-state index contributed by atoms with van der Waals surface area (Å²) >= 11 is 2.66. The van der Waals surface area contributed by atoms with Crippen molar-refractivity contribution in [3.8, 4) is 5.75 Å². The van der Waals surface area contributed by atoms with Gasteiger partial charge in [0.15, 0.2) is 5.13 Å². The zero-order valence-electron chi connectivity index (χ0n) is 15.1. The van der Waals surface area contributed by atoms with Crippen molar-refractivity contribution in [1.82, 2.24) is 4.98 Å². The van der Waals surface area contributed by atoms with Gasteiger partial charge in [0, 0.05) is 17.6 Å². The third-order valence-corrected chi connectivity index (χ3v) is 6.35. The van der Waals surface area contributed by atoms with Crippen LogP contribution in [0.3, 0.4) is 0 Å². The summed E-state index contributed by atoms with van der Waals surface area (Å²) in [4.78, 5) is 20.0. The number of thiophene rings is 1. The minimum absolute atomic E-state index is 0.0709. The lowest BCUT2D eigenvalue weighted by Gasteiger charge is -2.22. The van der Waals surface area contributed by atoms with Gasteiger partial charge in [0.2, 0.25) is 5.91 Å². The Balaban J connectivity index is 1.61. The Morgan fingerprint density at radius 2 is 2.21 bits per heavy atom. The van der Waals surface area contributed by atoms with Gasteiger partial charge in [0.1, 0.15) is 5.75 Å². The number of hydrogen-bond donors (Lipinski definition) is 0. The second-order valence-corrected chi connectivity index (χ2v) is 8.61. The van der Waals surface area contributed by atoms with E-state index in [1.54, 1.807) is 4.90 Å². The molecular formula is C19H17F3N2O3S2. The molecule has 1 fully saturated rings. The van der Waals surface area contributed by atoms with E-state index < -0.39 is 6.36 Å². The molecule has 1 aliphatic heterocycles. The predicted molar refractivity (Wildman–Crippen MR) is 106 cm³/mol. The first-order chi connectivity index (χ1) is 13.9. The van der Waals surface area contributed by atoms with E-state index in [0.717, 1.165) is 29.1 Å². The van der Waals surface area contributed by atoms with Crippen LogP contribution in [0.1, 0.15) is 17.7 Å². The zero-order chi connectivity index (χ0) is 20.4. The summed E-state index contributed by atoms with van der Waals surface area (Å²) in [7, 11) is 0. The van der Waals surface area contributed by atoms with E-state index in [0.29, 0.717) is 28.5 Å². The van der Waals surface area contributed by atoms with Gasteiger partial charge < -0.3 is 9.47 Å². The fourth-order valence-electron chi connectivity index (χ4n) is 3.14. The molecular weight excluding hydrogens is 425 g/mol.